The van der Waals surface area contributed by atoms with E-state index >= 15 is 0 Å². The number of H-pyrrole nitrogens is 1. The second-order valence-electron chi connectivity index (χ2n) is 4.33. The average Bonchev–Trinajstić information content (AvgIpc) is 2.93. The Balaban J connectivity index is 1.74. The van der Waals surface area contributed by atoms with Gasteiger partial charge in [-0.2, -0.15) is 0 Å². The molecule has 0 saturated heterocycles. The maximum atomic E-state index is 11.7. The van der Waals surface area contributed by atoms with Gasteiger partial charge >= 0.3 is 0 Å². The molecule has 0 atom stereocenters. The highest BCUT2D eigenvalue weighted by Crippen LogP contribution is 2.04. The second-order valence-corrected chi connectivity index (χ2v) is 4.33. The lowest BCUT2D eigenvalue weighted by molar-refractivity contribution is -0.120. The van der Waals surface area contributed by atoms with E-state index in [9.17, 15) is 4.79 Å². The Morgan fingerprint density at radius 3 is 2.63 bits per heavy atom. The average molecular weight is 258 g/mol. The molecule has 1 aromatic heterocycles. The van der Waals surface area contributed by atoms with Crippen LogP contribution in [0.15, 0.2) is 36.7 Å². The molecule has 1 aromatic carbocycles. The number of nitrogens with one attached hydrogen (secondary N) is 2. The summed E-state index contributed by atoms with van der Waals surface area (Å²) in [7, 11) is 0. The number of nitrogens with zero attached hydrogens (tertiary/aromatic N) is 1. The van der Waals surface area contributed by atoms with Crippen molar-refractivity contribution in [2.45, 2.75) is 19.4 Å². The maximum absolute atomic E-state index is 11.7. The number of aromatic amines is 1. The first-order chi connectivity index (χ1) is 9.28. The van der Waals surface area contributed by atoms with Crippen LogP contribution in [0.5, 0.6) is 0 Å². The topological polar surface area (TPSA) is 83.8 Å². The third kappa shape index (κ3) is 4.22. The van der Waals surface area contributed by atoms with Gasteiger partial charge in [0, 0.05) is 31.9 Å². The standard InChI is InChI=1S/C14H18N4O/c15-10-12-3-1-11(2-4-12)9-14(19)18-6-5-13-16-7-8-17-13/h1-4,7-8H,5-6,9-10,15H2,(H,16,17)(H,18,19). The Morgan fingerprint density at radius 2 is 2.00 bits per heavy atom. The van der Waals surface area contributed by atoms with Crippen molar-refractivity contribution in [3.63, 3.8) is 0 Å². The molecule has 0 fully saturated rings. The number of nitrogens with two attached hydrogens (primary N) is 1. The van der Waals surface area contributed by atoms with Crippen LogP contribution in [0.2, 0.25) is 0 Å². The number of amides is 1. The monoisotopic (exact) mass is 258 g/mol. The number of hydrogen-bond acceptors (Lipinski definition) is 3. The van der Waals surface area contributed by atoms with Crippen LogP contribution in [0, 0.1) is 0 Å². The lowest BCUT2D eigenvalue weighted by Gasteiger charge is -2.05. The molecule has 0 aliphatic carbocycles. The van der Waals surface area contributed by atoms with Crippen LogP contribution < -0.4 is 11.1 Å². The first kappa shape index (κ1) is 13.3. The first-order valence-electron chi connectivity index (χ1n) is 6.31. The molecular weight excluding hydrogens is 240 g/mol. The van der Waals surface area contributed by atoms with E-state index < -0.39 is 0 Å². The zero-order chi connectivity index (χ0) is 13.5. The van der Waals surface area contributed by atoms with Crippen molar-refractivity contribution < 1.29 is 4.79 Å². The van der Waals surface area contributed by atoms with Gasteiger partial charge in [-0.25, -0.2) is 4.98 Å². The number of benzene rings is 1. The molecule has 19 heavy (non-hydrogen) atoms. The van der Waals surface area contributed by atoms with Gasteiger partial charge in [-0.3, -0.25) is 4.79 Å². The second kappa shape index (κ2) is 6.70. The van der Waals surface area contributed by atoms with Crippen molar-refractivity contribution in [1.82, 2.24) is 15.3 Å². The van der Waals surface area contributed by atoms with Crippen LogP contribution in [0.4, 0.5) is 0 Å². The smallest absolute Gasteiger partial charge is 0.224 e. The molecule has 2 aromatic rings. The van der Waals surface area contributed by atoms with Crippen LogP contribution in [-0.4, -0.2) is 22.4 Å². The van der Waals surface area contributed by atoms with E-state index in [2.05, 4.69) is 15.3 Å². The summed E-state index contributed by atoms with van der Waals surface area (Å²) in [5.41, 5.74) is 7.59. The Kier molecular flexibility index (Phi) is 4.69. The SMILES string of the molecule is NCc1ccc(CC(=O)NCCc2ncc[nH]2)cc1. The summed E-state index contributed by atoms with van der Waals surface area (Å²) in [6, 6.07) is 7.78. The van der Waals surface area contributed by atoms with E-state index in [4.69, 9.17) is 5.73 Å². The lowest BCUT2D eigenvalue weighted by atomic mass is 10.1. The highest BCUT2D eigenvalue weighted by atomic mass is 16.1. The number of aromatic nitrogens is 2. The number of rotatable bonds is 6. The predicted molar refractivity (Wildman–Crippen MR) is 73.3 cm³/mol. The van der Waals surface area contributed by atoms with Gasteiger partial charge in [0.1, 0.15) is 5.82 Å². The molecule has 0 aliphatic heterocycles. The van der Waals surface area contributed by atoms with Crippen LogP contribution in [0.1, 0.15) is 17.0 Å². The van der Waals surface area contributed by atoms with Gasteiger partial charge in [-0.1, -0.05) is 24.3 Å². The highest BCUT2D eigenvalue weighted by Gasteiger charge is 2.03. The number of carbonyl (C=O) groups excluding carboxylic acids is 1. The van der Waals surface area contributed by atoms with Crippen LogP contribution >= 0.6 is 0 Å². The number of imidazole rings is 1. The van der Waals surface area contributed by atoms with Crippen LogP contribution in [-0.2, 0) is 24.2 Å². The summed E-state index contributed by atoms with van der Waals surface area (Å²) in [5, 5.41) is 2.87. The fourth-order valence-electron chi connectivity index (χ4n) is 1.80. The van der Waals surface area contributed by atoms with Gasteiger partial charge < -0.3 is 16.0 Å². The molecule has 1 heterocycles. The minimum Gasteiger partial charge on any atom is -0.355 e. The third-order valence-electron chi connectivity index (χ3n) is 2.86. The van der Waals surface area contributed by atoms with Gasteiger partial charge in [0.25, 0.3) is 0 Å². The molecule has 0 bridgehead atoms. The van der Waals surface area contributed by atoms with E-state index in [1.54, 1.807) is 12.4 Å². The van der Waals surface area contributed by atoms with Crippen molar-refractivity contribution in [3.05, 3.63) is 53.6 Å². The van der Waals surface area contributed by atoms with Gasteiger partial charge in [0.15, 0.2) is 0 Å². The maximum Gasteiger partial charge on any atom is 0.224 e. The molecule has 0 aliphatic rings. The Bertz CT molecular complexity index is 505. The number of carbonyl (C=O) groups is 1. The van der Waals surface area contributed by atoms with Gasteiger partial charge in [0.05, 0.1) is 6.42 Å². The summed E-state index contributed by atoms with van der Waals surface area (Å²) >= 11 is 0. The summed E-state index contributed by atoms with van der Waals surface area (Å²) in [5.74, 6) is 0.902. The minimum absolute atomic E-state index is 0.0204. The Morgan fingerprint density at radius 1 is 1.26 bits per heavy atom. The molecule has 5 nitrogen and oxygen atoms in total. The van der Waals surface area contributed by atoms with Crippen LogP contribution in [0.25, 0.3) is 0 Å². The van der Waals surface area contributed by atoms with Crippen molar-refractivity contribution in [3.8, 4) is 0 Å². The van der Waals surface area contributed by atoms with Crippen LogP contribution in [0.3, 0.4) is 0 Å². The van der Waals surface area contributed by atoms with E-state index in [1.807, 2.05) is 24.3 Å². The summed E-state index contributed by atoms with van der Waals surface area (Å²) in [6.07, 6.45) is 4.58. The molecule has 4 N–H and O–H groups in total. The molecule has 0 saturated carbocycles. The Hall–Kier alpha value is -2.14. The molecule has 0 unspecified atom stereocenters. The van der Waals surface area contributed by atoms with Gasteiger partial charge in [-0.15, -0.1) is 0 Å². The molecule has 0 spiro atoms. The summed E-state index contributed by atoms with van der Waals surface area (Å²) in [4.78, 5) is 18.8. The fourth-order valence-corrected chi connectivity index (χ4v) is 1.80. The summed E-state index contributed by atoms with van der Waals surface area (Å²) in [6.45, 7) is 1.11. The minimum atomic E-state index is 0.0204. The quantitative estimate of drug-likeness (QED) is 0.715. The van der Waals surface area contributed by atoms with Crippen molar-refractivity contribution in [2.24, 2.45) is 5.73 Å². The summed E-state index contributed by atoms with van der Waals surface area (Å²) < 4.78 is 0. The third-order valence-corrected chi connectivity index (χ3v) is 2.86. The normalized spacial score (nSPS) is 10.4. The fraction of sp³-hybridized carbons (Fsp3) is 0.286. The Labute approximate surface area is 112 Å². The molecule has 0 radical (unpaired) electrons. The largest absolute Gasteiger partial charge is 0.355 e. The van der Waals surface area contributed by atoms with E-state index in [0.29, 0.717) is 25.9 Å². The molecular formula is C14H18N4O. The molecule has 1 amide bonds. The van der Waals surface area contributed by atoms with E-state index in [0.717, 1.165) is 17.0 Å². The van der Waals surface area contributed by atoms with E-state index in [1.165, 1.54) is 0 Å². The highest BCUT2D eigenvalue weighted by molar-refractivity contribution is 5.78. The van der Waals surface area contributed by atoms with Gasteiger partial charge in [0.2, 0.25) is 5.91 Å². The predicted octanol–water partition coefficient (Wildman–Crippen LogP) is 0.770. The number of hydrogen-bond donors (Lipinski definition) is 3. The van der Waals surface area contributed by atoms with Crippen molar-refractivity contribution in [2.75, 3.05) is 6.54 Å². The van der Waals surface area contributed by atoms with Gasteiger partial charge in [-0.05, 0) is 11.1 Å². The lowest BCUT2D eigenvalue weighted by Crippen LogP contribution is -2.27. The molecule has 5 heteroatoms. The zero-order valence-corrected chi connectivity index (χ0v) is 10.7. The molecule has 100 valence electrons. The zero-order valence-electron chi connectivity index (χ0n) is 10.7. The van der Waals surface area contributed by atoms with Crippen molar-refractivity contribution >= 4 is 5.91 Å². The molecule has 2 rings (SSSR count). The van der Waals surface area contributed by atoms with E-state index in [-0.39, 0.29) is 5.91 Å². The van der Waals surface area contributed by atoms with Crippen molar-refractivity contribution in [1.29, 1.82) is 0 Å². The first-order valence-corrected chi connectivity index (χ1v) is 6.31.